The van der Waals surface area contributed by atoms with Gasteiger partial charge in [-0.3, -0.25) is 0 Å². The number of rotatable bonds is 0. The Kier molecular flexibility index (Phi) is 4.56. The Morgan fingerprint density at radius 2 is 2.17 bits per heavy atom. The zero-order valence-corrected chi connectivity index (χ0v) is 10.9. The fourth-order valence-corrected chi connectivity index (χ4v) is 2.78. The van der Waals surface area contributed by atoms with Crippen molar-refractivity contribution in [3.8, 4) is 6.07 Å². The second-order valence-electron chi connectivity index (χ2n) is 4.76. The zero-order chi connectivity index (χ0) is 13.8. The maximum absolute atomic E-state index is 9.21. The van der Waals surface area contributed by atoms with E-state index in [9.17, 15) is 5.26 Å². The molecule has 1 saturated carbocycles. The van der Waals surface area contributed by atoms with Crippen molar-refractivity contribution in [1.29, 1.82) is 5.26 Å². The molecule has 2 unspecified atom stereocenters. The number of hydrogen-bond acceptors (Lipinski definition) is 6. The van der Waals surface area contributed by atoms with E-state index in [1.165, 1.54) is 6.42 Å². The van der Waals surface area contributed by atoms with E-state index in [1.54, 1.807) is 0 Å². The van der Waals surface area contributed by atoms with Gasteiger partial charge in [0.05, 0.1) is 5.57 Å². The number of hydrogen-bond donors (Lipinski definition) is 4. The van der Waals surface area contributed by atoms with Gasteiger partial charge in [0.2, 0.25) is 0 Å². The van der Waals surface area contributed by atoms with Crippen molar-refractivity contribution in [3.05, 3.63) is 11.4 Å². The minimum atomic E-state index is -0.466. The van der Waals surface area contributed by atoms with E-state index < -0.39 is 5.54 Å². The largest absolute Gasteiger partial charge is 0.400 e. The van der Waals surface area contributed by atoms with Crippen molar-refractivity contribution in [1.82, 2.24) is 5.32 Å². The minimum absolute atomic E-state index is 0.325. The highest BCUT2D eigenvalue weighted by Crippen LogP contribution is 2.41. The van der Waals surface area contributed by atoms with Crippen LogP contribution in [0.4, 0.5) is 0 Å². The Hall–Kier alpha value is -1.74. The van der Waals surface area contributed by atoms with Crippen LogP contribution in [0.1, 0.15) is 32.6 Å². The van der Waals surface area contributed by atoms with Gasteiger partial charge in [-0.15, -0.1) is 0 Å². The monoisotopic (exact) mass is 251 g/mol. The topological polar surface area (TPSA) is 120 Å². The van der Waals surface area contributed by atoms with Crippen LogP contribution in [0, 0.1) is 17.2 Å². The van der Waals surface area contributed by atoms with Crippen molar-refractivity contribution in [2.45, 2.75) is 38.1 Å². The van der Waals surface area contributed by atoms with Gasteiger partial charge in [0.15, 0.2) is 5.96 Å². The van der Waals surface area contributed by atoms with Crippen molar-refractivity contribution in [2.75, 3.05) is 7.11 Å². The molecule has 1 aliphatic heterocycles. The Balaban J connectivity index is 0.000000771. The number of nitrogens with one attached hydrogen (secondary N) is 1. The Morgan fingerprint density at radius 1 is 1.50 bits per heavy atom. The predicted molar refractivity (Wildman–Crippen MR) is 70.1 cm³/mol. The second kappa shape index (κ2) is 5.74. The van der Waals surface area contributed by atoms with Crippen LogP contribution in [0.25, 0.3) is 0 Å². The summed E-state index contributed by atoms with van der Waals surface area (Å²) in [7, 11) is 1.00. The lowest BCUT2D eigenvalue weighted by molar-refractivity contribution is 0.273. The molecule has 2 atom stereocenters. The number of guanidine groups is 1. The molecule has 1 heterocycles. The number of nitriles is 1. The van der Waals surface area contributed by atoms with Crippen LogP contribution in [0.15, 0.2) is 16.4 Å². The first-order valence-electron chi connectivity index (χ1n) is 6.05. The average Bonchev–Trinajstić information content (AvgIpc) is 2.30. The SMILES string of the molecule is CC1CCCC2(C1)N=C(N)NC(N)=C2C#N.CO. The maximum Gasteiger partial charge on any atom is 0.195 e. The van der Waals surface area contributed by atoms with Crippen molar-refractivity contribution < 1.29 is 5.11 Å². The van der Waals surface area contributed by atoms with Gasteiger partial charge in [0, 0.05) is 7.11 Å². The first-order valence-corrected chi connectivity index (χ1v) is 6.05. The van der Waals surface area contributed by atoms with Crippen LogP contribution >= 0.6 is 0 Å². The Bertz CT molecular complexity index is 409. The number of aliphatic hydroxyl groups excluding tert-OH is 1. The minimum Gasteiger partial charge on any atom is -0.400 e. The molecular formula is C12H21N5O. The summed E-state index contributed by atoms with van der Waals surface area (Å²) in [5.74, 6) is 1.24. The Morgan fingerprint density at radius 3 is 2.72 bits per heavy atom. The molecule has 6 nitrogen and oxygen atoms in total. The summed E-state index contributed by atoms with van der Waals surface area (Å²) in [5, 5.41) is 18.9. The summed E-state index contributed by atoms with van der Waals surface area (Å²) in [6.07, 6.45) is 3.97. The first-order chi connectivity index (χ1) is 8.57. The molecule has 0 aromatic rings. The van der Waals surface area contributed by atoms with Crippen molar-refractivity contribution in [3.63, 3.8) is 0 Å². The van der Waals surface area contributed by atoms with Crippen molar-refractivity contribution >= 4 is 5.96 Å². The zero-order valence-electron chi connectivity index (χ0n) is 10.9. The normalized spacial score (nSPS) is 30.8. The summed E-state index contributed by atoms with van der Waals surface area (Å²) in [6.45, 7) is 2.18. The second-order valence-corrected chi connectivity index (χ2v) is 4.76. The van der Waals surface area contributed by atoms with Crippen LogP contribution in [0.2, 0.25) is 0 Å². The van der Waals surface area contributed by atoms with E-state index in [-0.39, 0.29) is 0 Å². The third-order valence-corrected chi connectivity index (χ3v) is 3.42. The molecule has 6 heteroatoms. The van der Waals surface area contributed by atoms with Gasteiger partial charge >= 0.3 is 0 Å². The Labute approximate surface area is 107 Å². The molecule has 1 fully saturated rings. The smallest absolute Gasteiger partial charge is 0.195 e. The van der Waals surface area contributed by atoms with E-state index >= 15 is 0 Å². The molecule has 18 heavy (non-hydrogen) atoms. The maximum atomic E-state index is 9.21. The number of aliphatic imine (C=N–C) groups is 1. The van der Waals surface area contributed by atoms with Crippen LogP contribution < -0.4 is 16.8 Å². The highest BCUT2D eigenvalue weighted by atomic mass is 16.2. The molecule has 100 valence electrons. The number of nitrogens with two attached hydrogens (primary N) is 2. The molecule has 0 saturated heterocycles. The summed E-state index contributed by atoms with van der Waals surface area (Å²) < 4.78 is 0. The van der Waals surface area contributed by atoms with Crippen LogP contribution in [0.3, 0.4) is 0 Å². The lowest BCUT2D eigenvalue weighted by Gasteiger charge is -2.39. The first kappa shape index (κ1) is 14.3. The molecule has 1 aliphatic carbocycles. The molecule has 0 aromatic carbocycles. The van der Waals surface area contributed by atoms with Crippen LogP contribution in [-0.4, -0.2) is 23.7 Å². The predicted octanol–water partition coefficient (Wildman–Crippen LogP) is 0.156. The van der Waals surface area contributed by atoms with E-state index in [4.69, 9.17) is 16.6 Å². The lowest BCUT2D eigenvalue weighted by Crippen LogP contribution is -2.48. The number of nitrogens with zero attached hydrogens (tertiary/aromatic N) is 2. The summed E-state index contributed by atoms with van der Waals surface area (Å²) in [5.41, 5.74) is 11.6. The van der Waals surface area contributed by atoms with Gasteiger partial charge in [-0.2, -0.15) is 5.26 Å². The van der Waals surface area contributed by atoms with Crippen molar-refractivity contribution in [2.24, 2.45) is 22.4 Å². The van der Waals surface area contributed by atoms with E-state index in [0.29, 0.717) is 23.3 Å². The average molecular weight is 251 g/mol. The molecular weight excluding hydrogens is 230 g/mol. The highest BCUT2D eigenvalue weighted by molar-refractivity contribution is 5.82. The van der Waals surface area contributed by atoms with E-state index in [2.05, 4.69) is 23.3 Å². The lowest BCUT2D eigenvalue weighted by atomic mass is 9.72. The number of aliphatic hydroxyl groups is 1. The third kappa shape index (κ3) is 2.57. The molecule has 6 N–H and O–H groups in total. The molecule has 0 aromatic heterocycles. The van der Waals surface area contributed by atoms with Gasteiger partial charge in [-0.25, -0.2) is 4.99 Å². The summed E-state index contributed by atoms with van der Waals surface area (Å²) in [6, 6.07) is 2.18. The fourth-order valence-electron chi connectivity index (χ4n) is 2.78. The third-order valence-electron chi connectivity index (χ3n) is 3.42. The molecule has 0 bridgehead atoms. The van der Waals surface area contributed by atoms with Crippen LogP contribution in [-0.2, 0) is 0 Å². The molecule has 0 amide bonds. The van der Waals surface area contributed by atoms with E-state index in [1.807, 2.05) is 0 Å². The van der Waals surface area contributed by atoms with Gasteiger partial charge in [-0.05, 0) is 18.8 Å². The standard InChI is InChI=1S/C11H17N5.CH4O/c1-7-3-2-4-11(5-7)8(6-12)9(13)15-10(14)16-11;1-2/h7H,2-5,13H2,1H3,(H3,14,15,16);2H,1H3. The quantitative estimate of drug-likeness (QED) is 0.488. The summed E-state index contributed by atoms with van der Waals surface area (Å²) in [4.78, 5) is 4.45. The van der Waals surface area contributed by atoms with Gasteiger partial charge < -0.3 is 21.9 Å². The molecule has 1 spiro atoms. The summed E-state index contributed by atoms with van der Waals surface area (Å²) >= 11 is 0. The van der Waals surface area contributed by atoms with Gasteiger partial charge in [0.25, 0.3) is 0 Å². The molecule has 2 aliphatic rings. The fraction of sp³-hybridized carbons (Fsp3) is 0.667. The van der Waals surface area contributed by atoms with Crippen LogP contribution in [0.5, 0.6) is 0 Å². The van der Waals surface area contributed by atoms with E-state index in [0.717, 1.165) is 26.4 Å². The van der Waals surface area contributed by atoms with Gasteiger partial charge in [-0.1, -0.05) is 19.8 Å². The molecule has 2 rings (SSSR count). The van der Waals surface area contributed by atoms with Gasteiger partial charge in [0.1, 0.15) is 17.4 Å². The molecule has 0 radical (unpaired) electrons. The highest BCUT2D eigenvalue weighted by Gasteiger charge is 2.42.